The molecule has 0 N–H and O–H groups in total. The van der Waals surface area contributed by atoms with Gasteiger partial charge in [0.05, 0.1) is 23.9 Å². The Kier molecular flexibility index (Phi) is 6.08. The van der Waals surface area contributed by atoms with Gasteiger partial charge in [0.2, 0.25) is 0 Å². The average molecular weight is 379 g/mol. The Morgan fingerprint density at radius 1 is 1.30 bits per heavy atom. The first kappa shape index (κ1) is 18.9. The fraction of sp³-hybridized carbons (Fsp3) is 0.190. The number of nitrogens with zero attached hydrogens (tertiary/aromatic N) is 3. The van der Waals surface area contributed by atoms with Crippen molar-refractivity contribution in [3.05, 3.63) is 77.3 Å². The van der Waals surface area contributed by atoms with Gasteiger partial charge in [0.15, 0.2) is 5.78 Å². The number of hydrogen-bond acceptors (Lipinski definition) is 5. The highest BCUT2D eigenvalue weighted by Gasteiger charge is 2.10. The highest BCUT2D eigenvalue weighted by Crippen LogP contribution is 2.28. The SMILES string of the molecule is COc1ccc(/C=C/C(=O)c2cnn(C)c2C)cc1CSc1ccccn1. The molecule has 0 saturated heterocycles. The Morgan fingerprint density at radius 3 is 2.81 bits per heavy atom. The van der Waals surface area contributed by atoms with Crippen molar-refractivity contribution in [2.24, 2.45) is 7.05 Å². The van der Waals surface area contributed by atoms with Gasteiger partial charge in [-0.25, -0.2) is 4.98 Å². The molecule has 0 amide bonds. The predicted octanol–water partition coefficient (Wildman–Crippen LogP) is 4.32. The first-order valence-corrected chi connectivity index (χ1v) is 9.49. The number of ketones is 1. The summed E-state index contributed by atoms with van der Waals surface area (Å²) in [7, 11) is 3.49. The lowest BCUT2D eigenvalue weighted by Gasteiger charge is -2.09. The van der Waals surface area contributed by atoms with Gasteiger partial charge in [-0.15, -0.1) is 11.8 Å². The largest absolute Gasteiger partial charge is 0.496 e. The quantitative estimate of drug-likeness (QED) is 0.348. The summed E-state index contributed by atoms with van der Waals surface area (Å²) in [6.45, 7) is 1.88. The van der Waals surface area contributed by atoms with Gasteiger partial charge >= 0.3 is 0 Å². The Hall–Kier alpha value is -2.86. The molecule has 0 fully saturated rings. The second kappa shape index (κ2) is 8.68. The lowest BCUT2D eigenvalue weighted by Crippen LogP contribution is -1.98. The summed E-state index contributed by atoms with van der Waals surface area (Å²) >= 11 is 1.64. The molecular weight excluding hydrogens is 358 g/mol. The van der Waals surface area contributed by atoms with Gasteiger partial charge in [-0.05, 0) is 42.8 Å². The van der Waals surface area contributed by atoms with Crippen molar-refractivity contribution in [1.82, 2.24) is 14.8 Å². The first-order valence-electron chi connectivity index (χ1n) is 8.50. The van der Waals surface area contributed by atoms with E-state index in [9.17, 15) is 4.79 Å². The Bertz CT molecular complexity index is 965. The fourth-order valence-corrected chi connectivity index (χ4v) is 3.44. The van der Waals surface area contributed by atoms with E-state index in [2.05, 4.69) is 10.1 Å². The van der Waals surface area contributed by atoms with Gasteiger partial charge in [-0.2, -0.15) is 5.10 Å². The first-order chi connectivity index (χ1) is 13.1. The summed E-state index contributed by atoms with van der Waals surface area (Å²) in [5.74, 6) is 1.50. The molecule has 2 aromatic heterocycles. The second-order valence-electron chi connectivity index (χ2n) is 5.99. The van der Waals surface area contributed by atoms with Crippen LogP contribution in [-0.4, -0.2) is 27.7 Å². The standard InChI is InChI=1S/C21H21N3O2S/c1-15-18(13-23-24(15)2)19(25)9-7-16-8-10-20(26-3)17(12-16)14-27-21-6-4-5-11-22-21/h4-13H,14H2,1-3H3/b9-7+. The molecule has 0 aliphatic carbocycles. The number of hydrogen-bond donors (Lipinski definition) is 0. The maximum atomic E-state index is 12.4. The summed E-state index contributed by atoms with van der Waals surface area (Å²) in [4.78, 5) is 16.7. The van der Waals surface area contributed by atoms with E-state index in [1.54, 1.807) is 42.0 Å². The number of allylic oxidation sites excluding steroid dienone is 1. The molecule has 27 heavy (non-hydrogen) atoms. The molecule has 0 spiro atoms. The molecule has 0 saturated carbocycles. The zero-order valence-electron chi connectivity index (χ0n) is 15.5. The minimum atomic E-state index is -0.0548. The summed E-state index contributed by atoms with van der Waals surface area (Å²) in [5.41, 5.74) is 3.47. The fourth-order valence-electron chi connectivity index (χ4n) is 2.60. The number of methoxy groups -OCH3 is 1. The van der Waals surface area contributed by atoms with Gasteiger partial charge in [0.25, 0.3) is 0 Å². The number of thioether (sulfide) groups is 1. The minimum Gasteiger partial charge on any atom is -0.496 e. The minimum absolute atomic E-state index is 0.0548. The highest BCUT2D eigenvalue weighted by atomic mass is 32.2. The summed E-state index contributed by atoms with van der Waals surface area (Å²) < 4.78 is 7.16. The molecule has 0 atom stereocenters. The lowest BCUT2D eigenvalue weighted by atomic mass is 10.1. The molecule has 0 unspecified atom stereocenters. The third kappa shape index (κ3) is 4.65. The maximum Gasteiger partial charge on any atom is 0.189 e. The predicted molar refractivity (Wildman–Crippen MR) is 108 cm³/mol. The number of rotatable bonds is 7. The molecule has 138 valence electrons. The van der Waals surface area contributed by atoms with Crippen LogP contribution >= 0.6 is 11.8 Å². The van der Waals surface area contributed by atoms with E-state index >= 15 is 0 Å². The molecule has 0 aliphatic rings. The molecule has 0 aliphatic heterocycles. The number of carbonyl (C=O) groups is 1. The molecule has 6 heteroatoms. The van der Waals surface area contributed by atoms with Crippen LogP contribution in [0.5, 0.6) is 5.75 Å². The van der Waals surface area contributed by atoms with Crippen LogP contribution in [0.1, 0.15) is 27.2 Å². The van der Waals surface area contributed by atoms with Crippen LogP contribution in [0, 0.1) is 6.92 Å². The Labute approximate surface area is 163 Å². The van der Waals surface area contributed by atoms with E-state index in [0.29, 0.717) is 5.56 Å². The van der Waals surface area contributed by atoms with E-state index in [1.807, 2.05) is 56.4 Å². The third-order valence-corrected chi connectivity index (χ3v) is 5.24. The number of aromatic nitrogens is 3. The van der Waals surface area contributed by atoms with Gasteiger partial charge in [0.1, 0.15) is 5.75 Å². The molecule has 2 heterocycles. The average Bonchev–Trinajstić information content (AvgIpc) is 3.04. The van der Waals surface area contributed by atoms with Crippen molar-refractivity contribution in [2.75, 3.05) is 7.11 Å². The van der Waals surface area contributed by atoms with E-state index in [1.165, 1.54) is 0 Å². The molecule has 0 radical (unpaired) electrons. The number of benzene rings is 1. The van der Waals surface area contributed by atoms with Crippen LogP contribution < -0.4 is 4.74 Å². The molecule has 1 aromatic carbocycles. The topological polar surface area (TPSA) is 57.0 Å². The van der Waals surface area contributed by atoms with Gasteiger partial charge in [-0.1, -0.05) is 18.2 Å². The normalized spacial score (nSPS) is 11.1. The molecule has 3 aromatic rings. The van der Waals surface area contributed by atoms with Crippen LogP contribution in [0.15, 0.2) is 59.9 Å². The van der Waals surface area contributed by atoms with Gasteiger partial charge in [-0.3, -0.25) is 9.48 Å². The van der Waals surface area contributed by atoms with Crippen molar-refractivity contribution in [2.45, 2.75) is 17.7 Å². The maximum absolute atomic E-state index is 12.4. The molecule has 3 rings (SSSR count). The molecule has 5 nitrogen and oxygen atoms in total. The van der Waals surface area contributed by atoms with Crippen LogP contribution in [0.2, 0.25) is 0 Å². The number of pyridine rings is 1. The second-order valence-corrected chi connectivity index (χ2v) is 6.99. The van der Waals surface area contributed by atoms with Gasteiger partial charge < -0.3 is 4.74 Å². The zero-order valence-corrected chi connectivity index (χ0v) is 16.4. The van der Waals surface area contributed by atoms with Crippen molar-refractivity contribution in [1.29, 1.82) is 0 Å². The van der Waals surface area contributed by atoms with Crippen molar-refractivity contribution in [3.63, 3.8) is 0 Å². The Morgan fingerprint density at radius 2 is 2.15 bits per heavy atom. The number of carbonyl (C=O) groups excluding carboxylic acids is 1. The van der Waals surface area contributed by atoms with Crippen molar-refractivity contribution in [3.8, 4) is 5.75 Å². The van der Waals surface area contributed by atoms with E-state index in [4.69, 9.17) is 4.74 Å². The van der Waals surface area contributed by atoms with Crippen LogP contribution in [0.4, 0.5) is 0 Å². The molecule has 0 bridgehead atoms. The van der Waals surface area contributed by atoms with Crippen molar-refractivity contribution < 1.29 is 9.53 Å². The lowest BCUT2D eigenvalue weighted by molar-refractivity contribution is 0.104. The molecular formula is C21H21N3O2S. The zero-order chi connectivity index (χ0) is 19.2. The van der Waals surface area contributed by atoms with Crippen LogP contribution in [0.3, 0.4) is 0 Å². The van der Waals surface area contributed by atoms with Crippen LogP contribution in [-0.2, 0) is 12.8 Å². The number of ether oxygens (including phenoxy) is 1. The van der Waals surface area contributed by atoms with Crippen LogP contribution in [0.25, 0.3) is 6.08 Å². The van der Waals surface area contributed by atoms with Gasteiger partial charge in [0, 0.05) is 30.3 Å². The van der Waals surface area contributed by atoms with E-state index < -0.39 is 0 Å². The summed E-state index contributed by atoms with van der Waals surface area (Å²) in [6.07, 6.45) is 6.79. The van der Waals surface area contributed by atoms with E-state index in [0.717, 1.165) is 33.3 Å². The number of aryl methyl sites for hydroxylation is 1. The third-order valence-electron chi connectivity index (χ3n) is 4.25. The summed E-state index contributed by atoms with van der Waals surface area (Å²) in [6, 6.07) is 11.8. The van der Waals surface area contributed by atoms with E-state index in [-0.39, 0.29) is 5.78 Å². The highest BCUT2D eigenvalue weighted by molar-refractivity contribution is 7.98. The monoisotopic (exact) mass is 379 g/mol. The summed E-state index contributed by atoms with van der Waals surface area (Å²) in [5, 5.41) is 5.08. The Balaban J connectivity index is 1.76. The van der Waals surface area contributed by atoms with Crippen molar-refractivity contribution >= 4 is 23.6 Å². The smallest absolute Gasteiger partial charge is 0.189 e.